The summed E-state index contributed by atoms with van der Waals surface area (Å²) in [5.41, 5.74) is 0.0445. The van der Waals surface area contributed by atoms with E-state index in [2.05, 4.69) is 5.10 Å². The smallest absolute Gasteiger partial charge is 0.281 e. The number of Topliss-reactive ketones (excluding diaryl/α,β-unsaturated/α-hetero) is 1. The molecule has 0 spiro atoms. The van der Waals surface area contributed by atoms with Gasteiger partial charge in [-0.1, -0.05) is 12.1 Å². The van der Waals surface area contributed by atoms with Crippen LogP contribution < -0.4 is 0 Å². The highest BCUT2D eigenvalue weighted by Gasteiger charge is 2.32. The van der Waals surface area contributed by atoms with Gasteiger partial charge in [0.05, 0.1) is 4.92 Å². The molecule has 0 aromatic heterocycles. The molecule has 86 valence electrons. The predicted molar refractivity (Wildman–Crippen MR) is 57.4 cm³/mol. The molecule has 0 radical (unpaired) electrons. The lowest BCUT2D eigenvalue weighted by Crippen LogP contribution is -2.24. The molecule has 1 aliphatic rings. The van der Waals surface area contributed by atoms with Crippen molar-refractivity contribution < 1.29 is 14.5 Å². The molecule has 0 bridgehead atoms. The van der Waals surface area contributed by atoms with Gasteiger partial charge < -0.3 is 0 Å². The summed E-state index contributed by atoms with van der Waals surface area (Å²) < 4.78 is 0. The van der Waals surface area contributed by atoms with E-state index in [1.165, 1.54) is 31.3 Å². The molecule has 0 saturated carbocycles. The third-order valence-electron chi connectivity index (χ3n) is 2.28. The summed E-state index contributed by atoms with van der Waals surface area (Å²) in [5, 5.41) is 15.2. The van der Waals surface area contributed by atoms with Gasteiger partial charge in [-0.2, -0.15) is 5.10 Å². The predicted octanol–water partition coefficient (Wildman–Crippen LogP) is 0.340. The van der Waals surface area contributed by atoms with E-state index < -0.39 is 16.6 Å². The first kappa shape index (κ1) is 10.9. The second-order valence-corrected chi connectivity index (χ2v) is 3.41. The van der Waals surface area contributed by atoms with Crippen molar-refractivity contribution in [2.24, 2.45) is 5.10 Å². The molecule has 1 amide bonds. The molecule has 1 aromatic rings. The van der Waals surface area contributed by atoms with Crippen LogP contribution in [0.15, 0.2) is 29.4 Å². The number of carbonyl (C=O) groups is 2. The first-order valence-electron chi connectivity index (χ1n) is 4.66. The fraction of sp³-hybridized carbons (Fsp3) is 0.100. The molecule has 0 unspecified atom stereocenters. The molecule has 0 aliphatic carbocycles. The van der Waals surface area contributed by atoms with Gasteiger partial charge in [0.2, 0.25) is 0 Å². The number of carbonyl (C=O) groups excluding carboxylic acids is 2. The number of amides is 1. The van der Waals surface area contributed by atoms with Crippen molar-refractivity contribution in [3.05, 3.63) is 39.9 Å². The zero-order valence-corrected chi connectivity index (χ0v) is 8.78. The lowest BCUT2D eigenvalue weighted by Gasteiger charge is -1.98. The average Bonchev–Trinajstić information content (AvgIpc) is 2.57. The van der Waals surface area contributed by atoms with Gasteiger partial charge >= 0.3 is 5.91 Å². The number of rotatable bonds is 2. The van der Waals surface area contributed by atoms with Crippen LogP contribution in [-0.2, 0) is 9.59 Å². The largest absolute Gasteiger partial charge is 0.316 e. The highest BCUT2D eigenvalue weighted by Crippen LogP contribution is 2.17. The van der Waals surface area contributed by atoms with E-state index in [1.54, 1.807) is 0 Å². The maximum atomic E-state index is 11.5. The van der Waals surface area contributed by atoms with Crippen LogP contribution in [0.5, 0.6) is 0 Å². The van der Waals surface area contributed by atoms with Crippen LogP contribution in [0.4, 0.5) is 5.69 Å². The number of ketones is 1. The van der Waals surface area contributed by atoms with Gasteiger partial charge in [-0.15, -0.1) is 0 Å². The van der Waals surface area contributed by atoms with Crippen LogP contribution in [0.2, 0.25) is 0 Å². The van der Waals surface area contributed by atoms with E-state index in [0.29, 0.717) is 0 Å². The lowest BCUT2D eigenvalue weighted by atomic mass is 10.1. The van der Waals surface area contributed by atoms with Crippen LogP contribution in [0.3, 0.4) is 0 Å². The Morgan fingerprint density at radius 1 is 1.35 bits per heavy atom. The maximum Gasteiger partial charge on any atom is 0.316 e. The summed E-state index contributed by atoms with van der Waals surface area (Å²) in [4.78, 5) is 32.7. The number of non-ortho nitro benzene ring substituents is 1. The van der Waals surface area contributed by atoms with Gasteiger partial charge in [-0.25, -0.2) is 5.01 Å². The fourth-order valence-corrected chi connectivity index (χ4v) is 1.44. The molecule has 1 heterocycles. The zero-order valence-electron chi connectivity index (χ0n) is 8.78. The molecule has 2 rings (SSSR count). The normalized spacial score (nSPS) is 15.1. The molecule has 17 heavy (non-hydrogen) atoms. The Bertz CT molecular complexity index is 564. The van der Waals surface area contributed by atoms with Crippen LogP contribution in [-0.4, -0.2) is 34.4 Å². The first-order chi connectivity index (χ1) is 8.00. The van der Waals surface area contributed by atoms with E-state index in [0.717, 1.165) is 5.01 Å². The summed E-state index contributed by atoms with van der Waals surface area (Å²) in [6, 6.07) is 5.44. The van der Waals surface area contributed by atoms with Gasteiger partial charge in [0, 0.05) is 24.7 Å². The molecule has 0 fully saturated rings. The van der Waals surface area contributed by atoms with Crippen molar-refractivity contribution in [2.75, 3.05) is 7.05 Å². The Morgan fingerprint density at radius 3 is 2.59 bits per heavy atom. The SMILES string of the molecule is CN1N=C(c2cccc([N+](=O)[O-])c2)C(=O)C1=O. The third kappa shape index (κ3) is 1.78. The molecule has 0 atom stereocenters. The Hall–Kier alpha value is -2.57. The van der Waals surface area contributed by atoms with E-state index in [9.17, 15) is 19.7 Å². The molecule has 7 heteroatoms. The van der Waals surface area contributed by atoms with E-state index >= 15 is 0 Å². The Morgan fingerprint density at radius 2 is 2.06 bits per heavy atom. The lowest BCUT2D eigenvalue weighted by molar-refractivity contribution is -0.384. The van der Waals surface area contributed by atoms with Crippen molar-refractivity contribution in [1.82, 2.24) is 5.01 Å². The molecule has 1 aliphatic heterocycles. The number of hydrogen-bond acceptors (Lipinski definition) is 5. The minimum absolute atomic E-state index is 0.0683. The fourth-order valence-electron chi connectivity index (χ4n) is 1.44. The molecule has 7 nitrogen and oxygen atoms in total. The van der Waals surface area contributed by atoms with E-state index in [1.807, 2.05) is 0 Å². The Labute approximate surface area is 95.5 Å². The molecular formula is C10H7N3O4. The topological polar surface area (TPSA) is 92.9 Å². The summed E-state index contributed by atoms with van der Waals surface area (Å²) >= 11 is 0. The summed E-state index contributed by atoms with van der Waals surface area (Å²) in [6.45, 7) is 0. The minimum atomic E-state index is -0.756. The molecule has 0 N–H and O–H groups in total. The number of hydrogen-bond donors (Lipinski definition) is 0. The number of benzene rings is 1. The van der Waals surface area contributed by atoms with Crippen molar-refractivity contribution in [3.63, 3.8) is 0 Å². The Balaban J connectivity index is 2.45. The van der Waals surface area contributed by atoms with Crippen molar-refractivity contribution in [2.45, 2.75) is 0 Å². The number of nitrogens with zero attached hydrogens (tertiary/aromatic N) is 3. The highest BCUT2D eigenvalue weighted by molar-refractivity contribution is 6.69. The van der Waals surface area contributed by atoms with Gasteiger partial charge in [0.1, 0.15) is 5.71 Å². The number of likely N-dealkylation sites (N-methyl/N-ethyl adjacent to an activating group) is 1. The monoisotopic (exact) mass is 233 g/mol. The number of nitro benzene ring substituents is 1. The van der Waals surface area contributed by atoms with Gasteiger partial charge in [-0.05, 0) is 0 Å². The van der Waals surface area contributed by atoms with Crippen LogP contribution in [0, 0.1) is 10.1 Å². The third-order valence-corrected chi connectivity index (χ3v) is 2.28. The average molecular weight is 233 g/mol. The van der Waals surface area contributed by atoms with Crippen LogP contribution in [0.25, 0.3) is 0 Å². The van der Waals surface area contributed by atoms with Crippen molar-refractivity contribution >= 4 is 23.1 Å². The van der Waals surface area contributed by atoms with Crippen LogP contribution in [0.1, 0.15) is 5.56 Å². The van der Waals surface area contributed by atoms with Gasteiger partial charge in [0.15, 0.2) is 0 Å². The minimum Gasteiger partial charge on any atom is -0.281 e. The van der Waals surface area contributed by atoms with Crippen molar-refractivity contribution in [1.29, 1.82) is 0 Å². The van der Waals surface area contributed by atoms with Gasteiger partial charge in [-0.3, -0.25) is 19.7 Å². The first-order valence-corrected chi connectivity index (χ1v) is 4.66. The maximum absolute atomic E-state index is 11.5. The number of nitro groups is 1. The van der Waals surface area contributed by atoms with Gasteiger partial charge in [0.25, 0.3) is 11.5 Å². The summed E-state index contributed by atoms with van der Waals surface area (Å²) in [5.74, 6) is -1.50. The summed E-state index contributed by atoms with van der Waals surface area (Å²) in [6.07, 6.45) is 0. The van der Waals surface area contributed by atoms with E-state index in [-0.39, 0.29) is 17.0 Å². The molecule has 0 saturated heterocycles. The summed E-state index contributed by atoms with van der Waals surface area (Å²) in [7, 11) is 1.35. The zero-order chi connectivity index (χ0) is 12.6. The second-order valence-electron chi connectivity index (χ2n) is 3.41. The standard InChI is InChI=1S/C10H7N3O4/c1-12-10(15)9(14)8(11-12)6-3-2-4-7(5-6)13(16)17/h2-5H,1H3. The number of hydrazone groups is 1. The van der Waals surface area contributed by atoms with Crippen molar-refractivity contribution in [3.8, 4) is 0 Å². The van der Waals surface area contributed by atoms with E-state index in [4.69, 9.17) is 0 Å². The Kier molecular flexibility index (Phi) is 2.43. The molecule has 1 aromatic carbocycles. The van der Waals surface area contributed by atoms with Crippen LogP contribution >= 0.6 is 0 Å². The highest BCUT2D eigenvalue weighted by atomic mass is 16.6. The molecular weight excluding hydrogens is 226 g/mol. The quantitative estimate of drug-likeness (QED) is 0.418. The second kappa shape index (κ2) is 3.78.